The lowest BCUT2D eigenvalue weighted by Gasteiger charge is -2.43. The third-order valence-corrected chi connectivity index (χ3v) is 5.19. The second-order valence-electron chi connectivity index (χ2n) is 7.87. The molecule has 224 valence electrons. The van der Waals surface area contributed by atoms with Crippen molar-refractivity contribution in [2.45, 2.75) is 11.9 Å². The molecule has 0 fully saturated rings. The first-order chi connectivity index (χ1) is 19.5. The minimum atomic E-state index is -1.92. The van der Waals surface area contributed by atoms with Crippen LogP contribution in [-0.4, -0.2) is 101 Å². The molecule has 1 unspecified atom stereocenters. The number of methoxy groups -OCH3 is 6. The van der Waals surface area contributed by atoms with E-state index in [1.165, 1.54) is 54.8 Å². The number of allylic oxidation sites excluding steroid dienone is 2. The summed E-state index contributed by atoms with van der Waals surface area (Å²) in [5, 5.41) is 0. The van der Waals surface area contributed by atoms with E-state index < -0.39 is 11.9 Å². The first-order valence-corrected chi connectivity index (χ1v) is 12.0. The summed E-state index contributed by atoms with van der Waals surface area (Å²) < 4.78 is 67.3. The Morgan fingerprint density at radius 1 is 0.725 bits per heavy atom. The minimum Gasteiger partial charge on any atom is -0.468 e. The van der Waals surface area contributed by atoms with Crippen molar-refractivity contribution < 1.29 is 61.6 Å². The summed E-state index contributed by atoms with van der Waals surface area (Å²) in [6, 6.07) is 8.74. The quantitative estimate of drug-likeness (QED) is 0.122. The number of ketones is 1. The third kappa shape index (κ3) is 8.83. The Morgan fingerprint density at radius 3 is 1.85 bits per heavy atom. The molecule has 0 spiro atoms. The van der Waals surface area contributed by atoms with Gasteiger partial charge in [0, 0.05) is 48.2 Å². The van der Waals surface area contributed by atoms with E-state index in [2.05, 4.69) is 0 Å². The number of carbonyl (C=O) groups excluding carboxylic acids is 1. The molecule has 1 aromatic carbocycles. The summed E-state index contributed by atoms with van der Waals surface area (Å²) >= 11 is 0. The molecule has 13 nitrogen and oxygen atoms in total. The van der Waals surface area contributed by atoms with Gasteiger partial charge in [-0.1, -0.05) is 30.3 Å². The molecule has 1 aliphatic rings. The van der Waals surface area contributed by atoms with Crippen LogP contribution in [-0.2, 0) is 56.8 Å². The molecule has 0 saturated heterocycles. The Labute approximate surface area is 234 Å². The van der Waals surface area contributed by atoms with Gasteiger partial charge in [-0.2, -0.15) is 0 Å². The Balaban J connectivity index is 2.87. The molecule has 0 aromatic heterocycles. The lowest BCUT2D eigenvalue weighted by Crippen LogP contribution is -2.56. The summed E-state index contributed by atoms with van der Waals surface area (Å²) in [5.41, 5.74) is 0.727. The van der Waals surface area contributed by atoms with Gasteiger partial charge in [0.2, 0.25) is 5.76 Å². The summed E-state index contributed by atoms with van der Waals surface area (Å²) in [7, 11) is 8.64. The highest BCUT2D eigenvalue weighted by molar-refractivity contribution is 6.04. The number of ether oxygens (including phenoxy) is 12. The smallest absolute Gasteiger partial charge is 0.270 e. The van der Waals surface area contributed by atoms with Crippen LogP contribution in [0.4, 0.5) is 0 Å². The lowest BCUT2D eigenvalue weighted by molar-refractivity contribution is -0.337. The monoisotopic (exact) mass is 570 g/mol. The fourth-order valence-corrected chi connectivity index (χ4v) is 3.60. The van der Waals surface area contributed by atoms with Gasteiger partial charge in [-0.3, -0.25) is 4.79 Å². The van der Waals surface area contributed by atoms with Crippen molar-refractivity contribution in [3.8, 4) is 0 Å². The second-order valence-corrected chi connectivity index (χ2v) is 7.87. The van der Waals surface area contributed by atoms with Crippen LogP contribution in [0.3, 0.4) is 0 Å². The molecule has 0 bridgehead atoms. The minimum absolute atomic E-state index is 0.0295. The van der Waals surface area contributed by atoms with Gasteiger partial charge in [0.25, 0.3) is 5.79 Å². The fraction of sp³-hybridized carbons (Fsp3) is 0.519. The third-order valence-electron chi connectivity index (χ3n) is 5.19. The molecule has 2 rings (SSSR count). The summed E-state index contributed by atoms with van der Waals surface area (Å²) in [4.78, 5) is 13.0. The molecule has 0 radical (unpaired) electrons. The van der Waals surface area contributed by atoms with E-state index in [0.29, 0.717) is 5.56 Å². The molecule has 13 heteroatoms. The van der Waals surface area contributed by atoms with Crippen LogP contribution in [0.15, 0.2) is 65.3 Å². The van der Waals surface area contributed by atoms with Crippen molar-refractivity contribution in [2.24, 2.45) is 0 Å². The van der Waals surface area contributed by atoms with Crippen molar-refractivity contribution in [1.82, 2.24) is 0 Å². The van der Waals surface area contributed by atoms with Crippen LogP contribution in [0, 0.1) is 0 Å². The highest BCUT2D eigenvalue weighted by atomic mass is 16.8. The Hall–Kier alpha value is -2.85. The van der Waals surface area contributed by atoms with E-state index in [9.17, 15) is 4.79 Å². The topological polar surface area (TPSA) is 128 Å². The fourth-order valence-electron chi connectivity index (χ4n) is 3.60. The standard InChI is InChI=1S/C27H38O13/c1-29-14-35-23-21(12-13-22(28)20-10-8-7-9-11-20)24(36-15-30-2)26(38-17-32-4)27(39-18-33-5,40-19-34-6)25(23)37-16-31-3/h7-13,25H,14-19H2,1-6H3. The van der Waals surface area contributed by atoms with Crippen molar-refractivity contribution >= 4 is 5.78 Å². The molecule has 1 aliphatic carbocycles. The number of rotatable bonds is 21. The zero-order chi connectivity index (χ0) is 29.2. The maximum absolute atomic E-state index is 13.0. The van der Waals surface area contributed by atoms with Gasteiger partial charge in [0.1, 0.15) is 26.1 Å². The number of hydrogen-bond donors (Lipinski definition) is 0. The van der Waals surface area contributed by atoms with E-state index in [4.69, 9.17) is 56.8 Å². The zero-order valence-corrected chi connectivity index (χ0v) is 23.7. The number of hydrogen-bond acceptors (Lipinski definition) is 13. The number of carbonyl (C=O) groups is 1. The average Bonchev–Trinajstić information content (AvgIpc) is 2.98. The predicted octanol–water partition coefficient (Wildman–Crippen LogP) is 2.69. The summed E-state index contributed by atoms with van der Waals surface area (Å²) in [6.07, 6.45) is 1.64. The molecular weight excluding hydrogens is 532 g/mol. The highest BCUT2D eigenvalue weighted by Crippen LogP contribution is 2.45. The first-order valence-electron chi connectivity index (χ1n) is 12.0. The van der Waals surface area contributed by atoms with Crippen molar-refractivity contribution in [1.29, 1.82) is 0 Å². The molecule has 0 heterocycles. The predicted molar refractivity (Wildman–Crippen MR) is 138 cm³/mol. The SMILES string of the molecule is COCOC1=C(OCOC)C(OCOC)(OCOC)C(OCOC)C(OCOC)=C1C=CC(=O)c1ccccc1. The van der Waals surface area contributed by atoms with E-state index >= 15 is 0 Å². The van der Waals surface area contributed by atoms with Crippen molar-refractivity contribution in [3.05, 3.63) is 70.9 Å². The molecular formula is C27H38O13. The molecule has 40 heavy (non-hydrogen) atoms. The van der Waals surface area contributed by atoms with Gasteiger partial charge < -0.3 is 56.8 Å². The molecule has 1 aromatic rings. The van der Waals surface area contributed by atoms with E-state index in [1.54, 1.807) is 24.3 Å². The van der Waals surface area contributed by atoms with Gasteiger partial charge in [-0.25, -0.2) is 0 Å². The maximum Gasteiger partial charge on any atom is 0.270 e. The van der Waals surface area contributed by atoms with Crippen LogP contribution >= 0.6 is 0 Å². The average molecular weight is 571 g/mol. The van der Waals surface area contributed by atoms with Crippen LogP contribution in [0.2, 0.25) is 0 Å². The van der Waals surface area contributed by atoms with Gasteiger partial charge in [0.05, 0.1) is 5.57 Å². The van der Waals surface area contributed by atoms with Crippen molar-refractivity contribution in [2.75, 3.05) is 83.4 Å². The van der Waals surface area contributed by atoms with Gasteiger partial charge in [-0.15, -0.1) is 0 Å². The lowest BCUT2D eigenvalue weighted by atomic mass is 9.91. The first kappa shape index (κ1) is 33.4. The van der Waals surface area contributed by atoms with Crippen LogP contribution in [0.1, 0.15) is 10.4 Å². The Kier molecular flexibility index (Phi) is 15.4. The van der Waals surface area contributed by atoms with Gasteiger partial charge >= 0.3 is 0 Å². The van der Waals surface area contributed by atoms with E-state index in [-0.39, 0.29) is 69.4 Å². The van der Waals surface area contributed by atoms with Crippen LogP contribution < -0.4 is 0 Å². The van der Waals surface area contributed by atoms with Gasteiger partial charge in [-0.05, 0) is 12.2 Å². The van der Waals surface area contributed by atoms with E-state index in [1.807, 2.05) is 6.07 Å². The molecule has 1 atom stereocenters. The molecule has 0 amide bonds. The van der Waals surface area contributed by atoms with Gasteiger partial charge in [0.15, 0.2) is 38.0 Å². The van der Waals surface area contributed by atoms with Crippen LogP contribution in [0.25, 0.3) is 0 Å². The largest absolute Gasteiger partial charge is 0.468 e. The second kappa shape index (κ2) is 18.5. The van der Waals surface area contributed by atoms with E-state index in [0.717, 1.165) is 0 Å². The summed E-state index contributed by atoms with van der Waals surface area (Å²) in [6.45, 7) is -1.43. The Morgan fingerprint density at radius 2 is 1.27 bits per heavy atom. The number of benzene rings is 1. The molecule has 0 saturated carbocycles. The molecule has 0 aliphatic heterocycles. The highest BCUT2D eigenvalue weighted by Gasteiger charge is 2.57. The summed E-state index contributed by atoms with van der Waals surface area (Å²) in [5.74, 6) is -2.07. The maximum atomic E-state index is 13.0. The Bertz CT molecular complexity index is 966. The van der Waals surface area contributed by atoms with Crippen LogP contribution in [0.5, 0.6) is 0 Å². The zero-order valence-electron chi connectivity index (χ0n) is 23.7. The normalized spacial score (nSPS) is 17.0. The molecule has 0 N–H and O–H groups in total. The van der Waals surface area contributed by atoms with Crippen molar-refractivity contribution in [3.63, 3.8) is 0 Å².